The van der Waals surface area contributed by atoms with Crippen LogP contribution in [-0.4, -0.2) is 26.4 Å². The van der Waals surface area contributed by atoms with Crippen molar-refractivity contribution in [3.63, 3.8) is 0 Å². The molecule has 1 N–H and O–H groups in total. The van der Waals surface area contributed by atoms with Crippen molar-refractivity contribution in [3.05, 3.63) is 63.2 Å². The van der Waals surface area contributed by atoms with E-state index in [9.17, 15) is 10.1 Å². The van der Waals surface area contributed by atoms with Crippen LogP contribution in [0.3, 0.4) is 0 Å². The molecule has 10 heteroatoms. The van der Waals surface area contributed by atoms with Gasteiger partial charge in [-0.1, -0.05) is 47.1 Å². The normalized spacial score (nSPS) is 14.7. The molecule has 0 aliphatic heterocycles. The standard InChI is InChI=1S/C25H26BrN5O2S2/c1-3-11-31-22(14-33-18-8-6-17(26)7-9-18)29-30-25(31)34-15-23(32)28-24-20(13-27)19-10-5-16(4-2)12-21(19)35-24/h3,6-9,16H,1,4-5,10-12,14-15H2,2H3,(H,28,32). The first-order chi connectivity index (χ1) is 17.0. The van der Waals surface area contributed by atoms with Crippen LogP contribution in [0.5, 0.6) is 5.75 Å². The summed E-state index contributed by atoms with van der Waals surface area (Å²) < 4.78 is 8.70. The SMILES string of the molecule is C=CCn1c(COc2ccc(Br)cc2)nnc1SCC(=O)Nc1sc2c(c1C#N)CCC(CC)C2. The molecular formula is C25H26BrN5O2S2. The summed E-state index contributed by atoms with van der Waals surface area (Å²) in [5.74, 6) is 2.03. The number of halogens is 1. The van der Waals surface area contributed by atoms with Crippen molar-refractivity contribution in [1.82, 2.24) is 14.8 Å². The number of carbonyl (C=O) groups is 1. The number of ether oxygens (including phenoxy) is 1. The summed E-state index contributed by atoms with van der Waals surface area (Å²) in [7, 11) is 0. The molecule has 0 saturated carbocycles. The van der Waals surface area contributed by atoms with Crippen molar-refractivity contribution in [1.29, 1.82) is 5.26 Å². The fourth-order valence-corrected chi connectivity index (χ4v) is 6.39. The Labute approximate surface area is 221 Å². The number of allylic oxidation sites excluding steroid dienone is 1. The van der Waals surface area contributed by atoms with Crippen molar-refractivity contribution >= 4 is 49.9 Å². The maximum atomic E-state index is 12.8. The highest BCUT2D eigenvalue weighted by Crippen LogP contribution is 2.40. The maximum Gasteiger partial charge on any atom is 0.235 e. The van der Waals surface area contributed by atoms with Crippen LogP contribution in [0.1, 0.15) is 41.6 Å². The minimum absolute atomic E-state index is 0.161. The number of rotatable bonds is 10. The van der Waals surface area contributed by atoms with Crippen molar-refractivity contribution in [2.75, 3.05) is 11.1 Å². The summed E-state index contributed by atoms with van der Waals surface area (Å²) >= 11 is 6.26. The first-order valence-corrected chi connectivity index (χ1v) is 14.0. The zero-order valence-electron chi connectivity index (χ0n) is 19.4. The predicted octanol–water partition coefficient (Wildman–Crippen LogP) is 5.98. The minimum atomic E-state index is -0.169. The van der Waals surface area contributed by atoms with E-state index in [0.717, 1.165) is 41.5 Å². The average Bonchev–Trinajstić information content (AvgIpc) is 3.41. The molecule has 0 bridgehead atoms. The van der Waals surface area contributed by atoms with Crippen LogP contribution in [-0.2, 0) is 30.8 Å². The van der Waals surface area contributed by atoms with Crippen LogP contribution >= 0.6 is 39.0 Å². The molecule has 35 heavy (non-hydrogen) atoms. The van der Waals surface area contributed by atoms with Gasteiger partial charge in [0.25, 0.3) is 0 Å². The average molecular weight is 573 g/mol. The molecular weight excluding hydrogens is 546 g/mol. The lowest BCUT2D eigenvalue weighted by Gasteiger charge is -2.20. The Kier molecular flexibility index (Phi) is 8.65. The summed E-state index contributed by atoms with van der Waals surface area (Å²) in [5, 5.41) is 22.5. The number of nitrogens with one attached hydrogen (secondary N) is 1. The predicted molar refractivity (Wildman–Crippen MR) is 143 cm³/mol. The fraction of sp³-hybridized carbons (Fsp3) is 0.360. The zero-order chi connectivity index (χ0) is 24.8. The zero-order valence-corrected chi connectivity index (χ0v) is 22.6. The fourth-order valence-electron chi connectivity index (χ4n) is 4.03. The third-order valence-corrected chi connectivity index (χ3v) is 8.59. The summed E-state index contributed by atoms with van der Waals surface area (Å²) in [6.45, 7) is 6.78. The van der Waals surface area contributed by atoms with Crippen molar-refractivity contribution in [2.24, 2.45) is 5.92 Å². The summed E-state index contributed by atoms with van der Waals surface area (Å²) in [6, 6.07) is 9.88. The van der Waals surface area contributed by atoms with Gasteiger partial charge in [0, 0.05) is 15.9 Å². The number of thiophene rings is 1. The molecule has 4 rings (SSSR count). The number of carbonyl (C=O) groups excluding carboxylic acids is 1. The van der Waals surface area contributed by atoms with E-state index in [0.29, 0.717) is 34.0 Å². The number of hydrogen-bond donors (Lipinski definition) is 1. The van der Waals surface area contributed by atoms with Gasteiger partial charge >= 0.3 is 0 Å². The van der Waals surface area contributed by atoms with E-state index in [2.05, 4.69) is 51.0 Å². The highest BCUT2D eigenvalue weighted by molar-refractivity contribution is 9.10. The molecule has 0 fully saturated rings. The molecule has 1 atom stereocenters. The lowest BCUT2D eigenvalue weighted by atomic mass is 9.86. The third kappa shape index (κ3) is 6.15. The largest absolute Gasteiger partial charge is 0.486 e. The van der Waals surface area contributed by atoms with E-state index in [1.807, 2.05) is 28.8 Å². The number of benzene rings is 1. The molecule has 0 radical (unpaired) electrons. The second-order valence-electron chi connectivity index (χ2n) is 8.21. The highest BCUT2D eigenvalue weighted by atomic mass is 79.9. The van der Waals surface area contributed by atoms with E-state index in [1.54, 1.807) is 17.4 Å². The maximum absolute atomic E-state index is 12.8. The van der Waals surface area contributed by atoms with Crippen molar-refractivity contribution in [2.45, 2.75) is 50.9 Å². The van der Waals surface area contributed by atoms with Gasteiger partial charge in [-0.05, 0) is 55.0 Å². The highest BCUT2D eigenvalue weighted by Gasteiger charge is 2.26. The lowest BCUT2D eigenvalue weighted by Crippen LogP contribution is -2.15. The van der Waals surface area contributed by atoms with Gasteiger partial charge in [-0.2, -0.15) is 5.26 Å². The Hall–Kier alpha value is -2.61. The molecule has 1 aliphatic rings. The molecule has 0 spiro atoms. The van der Waals surface area contributed by atoms with E-state index >= 15 is 0 Å². The van der Waals surface area contributed by atoms with Gasteiger partial charge in [0.15, 0.2) is 11.0 Å². The number of nitriles is 1. The summed E-state index contributed by atoms with van der Waals surface area (Å²) in [4.78, 5) is 14.0. The van der Waals surface area contributed by atoms with Crippen LogP contribution in [0.2, 0.25) is 0 Å². The van der Waals surface area contributed by atoms with Crippen molar-refractivity contribution < 1.29 is 9.53 Å². The number of nitrogens with zero attached hydrogens (tertiary/aromatic N) is 4. The first-order valence-electron chi connectivity index (χ1n) is 11.4. The number of thioether (sulfide) groups is 1. The number of anilines is 1. The van der Waals surface area contributed by atoms with Gasteiger partial charge in [0.05, 0.1) is 11.3 Å². The Balaban J connectivity index is 1.39. The number of hydrogen-bond acceptors (Lipinski definition) is 7. The lowest BCUT2D eigenvalue weighted by molar-refractivity contribution is -0.113. The second kappa shape index (κ2) is 11.9. The Bertz CT molecular complexity index is 1250. The van der Waals surface area contributed by atoms with Gasteiger partial charge in [-0.25, -0.2) is 0 Å². The second-order valence-corrected chi connectivity index (χ2v) is 11.2. The van der Waals surface area contributed by atoms with E-state index < -0.39 is 0 Å². The molecule has 7 nitrogen and oxygen atoms in total. The number of amides is 1. The molecule has 1 aromatic carbocycles. The summed E-state index contributed by atoms with van der Waals surface area (Å²) in [6.07, 6.45) is 5.90. The minimum Gasteiger partial charge on any atom is -0.486 e. The monoisotopic (exact) mass is 571 g/mol. The van der Waals surface area contributed by atoms with Crippen LogP contribution in [0.4, 0.5) is 5.00 Å². The Morgan fingerprint density at radius 2 is 2.23 bits per heavy atom. The van der Waals surface area contributed by atoms with Gasteiger partial charge in [0.1, 0.15) is 23.4 Å². The van der Waals surface area contributed by atoms with Gasteiger partial charge < -0.3 is 10.1 Å². The third-order valence-electron chi connectivity index (χ3n) is 5.93. The molecule has 182 valence electrons. The van der Waals surface area contributed by atoms with E-state index in [4.69, 9.17) is 4.74 Å². The Morgan fingerprint density at radius 1 is 1.43 bits per heavy atom. The molecule has 1 unspecified atom stereocenters. The van der Waals surface area contributed by atoms with Gasteiger partial charge in [-0.3, -0.25) is 9.36 Å². The van der Waals surface area contributed by atoms with E-state index in [-0.39, 0.29) is 18.3 Å². The van der Waals surface area contributed by atoms with Crippen LogP contribution in [0.25, 0.3) is 0 Å². The Morgan fingerprint density at radius 3 is 2.94 bits per heavy atom. The molecule has 2 heterocycles. The topological polar surface area (TPSA) is 92.8 Å². The summed E-state index contributed by atoms with van der Waals surface area (Å²) in [5.41, 5.74) is 1.74. The molecule has 3 aromatic rings. The quantitative estimate of drug-likeness (QED) is 0.237. The molecule has 1 aliphatic carbocycles. The number of fused-ring (bicyclic) bond motifs is 1. The smallest absolute Gasteiger partial charge is 0.235 e. The first kappa shape index (κ1) is 25.5. The van der Waals surface area contributed by atoms with Gasteiger partial charge in [-0.15, -0.1) is 28.1 Å². The molecule has 0 saturated heterocycles. The van der Waals surface area contributed by atoms with Crippen LogP contribution in [0, 0.1) is 17.2 Å². The van der Waals surface area contributed by atoms with E-state index in [1.165, 1.54) is 16.6 Å². The van der Waals surface area contributed by atoms with Gasteiger partial charge in [0.2, 0.25) is 5.91 Å². The molecule has 1 amide bonds. The molecule has 2 aromatic heterocycles. The van der Waals surface area contributed by atoms with Crippen LogP contribution in [0.15, 0.2) is 46.5 Å². The van der Waals surface area contributed by atoms with Crippen LogP contribution < -0.4 is 10.1 Å². The number of aromatic nitrogens is 3. The van der Waals surface area contributed by atoms with Crippen molar-refractivity contribution in [3.8, 4) is 11.8 Å².